The van der Waals surface area contributed by atoms with Gasteiger partial charge in [-0.1, -0.05) is 6.07 Å². The van der Waals surface area contributed by atoms with Crippen LogP contribution in [0.2, 0.25) is 0 Å². The molecule has 124 valence electrons. The van der Waals surface area contributed by atoms with Crippen LogP contribution in [0.5, 0.6) is 5.75 Å². The van der Waals surface area contributed by atoms with Crippen LogP contribution < -0.4 is 10.1 Å². The lowest BCUT2D eigenvalue weighted by molar-refractivity contribution is -0.135. The van der Waals surface area contributed by atoms with Crippen molar-refractivity contribution in [2.45, 2.75) is 19.4 Å². The maximum atomic E-state index is 12.8. The zero-order chi connectivity index (χ0) is 17.7. The zero-order valence-electron chi connectivity index (χ0n) is 13.3. The number of aliphatic hydroxyl groups is 1. The Balaban J connectivity index is 2.00. The molecular weight excluding hydrogens is 311 g/mol. The summed E-state index contributed by atoms with van der Waals surface area (Å²) in [6.45, 7) is 9.80. The molecule has 2 N–H and O–H groups in total. The Kier molecular flexibility index (Phi) is 5.17. The first-order valence-corrected chi connectivity index (χ1v) is 7.22. The second-order valence-corrected chi connectivity index (χ2v) is 5.58. The maximum Gasteiger partial charge on any atom is 0.259 e. The fourth-order valence-corrected chi connectivity index (χ4v) is 1.94. The van der Waals surface area contributed by atoms with Crippen LogP contribution in [-0.2, 0) is 4.79 Å². The Morgan fingerprint density at radius 2 is 2.00 bits per heavy atom. The molecule has 2 aromatic rings. The summed E-state index contributed by atoms with van der Waals surface area (Å²) in [7, 11) is 0. The number of benzene rings is 2. The van der Waals surface area contributed by atoms with Crippen molar-refractivity contribution in [3.63, 3.8) is 0 Å². The van der Waals surface area contributed by atoms with Crippen molar-refractivity contribution in [2.24, 2.45) is 0 Å². The number of rotatable bonds is 5. The normalized spacial score (nSPS) is 12.8. The predicted octanol–water partition coefficient (Wildman–Crippen LogP) is 3.45. The molecule has 0 saturated carbocycles. The molecule has 0 spiro atoms. The number of carbonyl (C=O) groups excluding carboxylic acids is 1. The van der Waals surface area contributed by atoms with Gasteiger partial charge in [0.05, 0.1) is 6.57 Å². The minimum absolute atomic E-state index is 0.288. The molecule has 2 rings (SSSR count). The number of nitrogens with one attached hydrogen (secondary N) is 1. The largest absolute Gasteiger partial charge is 0.490 e. The minimum atomic E-state index is -1.78. The van der Waals surface area contributed by atoms with Gasteiger partial charge in [-0.05, 0) is 55.8 Å². The Hall–Kier alpha value is -2.91. The van der Waals surface area contributed by atoms with E-state index < -0.39 is 17.3 Å². The fraction of sp³-hybridized carbons (Fsp3) is 0.222. The van der Waals surface area contributed by atoms with Gasteiger partial charge >= 0.3 is 0 Å². The van der Waals surface area contributed by atoms with Gasteiger partial charge in [-0.15, -0.1) is 0 Å². The molecule has 0 heterocycles. The molecule has 0 saturated heterocycles. The van der Waals surface area contributed by atoms with Crippen LogP contribution in [0.1, 0.15) is 12.5 Å². The van der Waals surface area contributed by atoms with Gasteiger partial charge < -0.3 is 15.2 Å². The molecule has 0 bridgehead atoms. The number of amides is 1. The van der Waals surface area contributed by atoms with E-state index in [9.17, 15) is 14.3 Å². The number of ether oxygens (including phenoxy) is 1. The maximum absolute atomic E-state index is 12.8. The third-order valence-corrected chi connectivity index (χ3v) is 3.40. The Morgan fingerprint density at radius 3 is 2.58 bits per heavy atom. The van der Waals surface area contributed by atoms with Crippen molar-refractivity contribution >= 4 is 17.3 Å². The summed E-state index contributed by atoms with van der Waals surface area (Å²) in [5, 5.41) is 12.9. The van der Waals surface area contributed by atoms with E-state index in [-0.39, 0.29) is 6.61 Å². The van der Waals surface area contributed by atoms with Gasteiger partial charge in [0.2, 0.25) is 0 Å². The second-order valence-electron chi connectivity index (χ2n) is 5.58. The van der Waals surface area contributed by atoms with Crippen LogP contribution in [0.15, 0.2) is 42.5 Å². The molecule has 1 unspecified atom stereocenters. The molecule has 5 nitrogen and oxygen atoms in total. The smallest absolute Gasteiger partial charge is 0.259 e. The van der Waals surface area contributed by atoms with Gasteiger partial charge in [0.15, 0.2) is 11.3 Å². The lowest BCUT2D eigenvalue weighted by Gasteiger charge is -2.22. The van der Waals surface area contributed by atoms with E-state index in [1.807, 2.05) is 0 Å². The van der Waals surface area contributed by atoms with Gasteiger partial charge in [0.1, 0.15) is 18.2 Å². The second kappa shape index (κ2) is 7.11. The lowest BCUT2D eigenvalue weighted by atomic mass is 10.1. The summed E-state index contributed by atoms with van der Waals surface area (Å²) in [4.78, 5) is 15.6. The van der Waals surface area contributed by atoms with Crippen LogP contribution in [-0.4, -0.2) is 23.2 Å². The summed E-state index contributed by atoms with van der Waals surface area (Å²) in [5.41, 5.74) is -0.0721. The SMILES string of the molecule is [C-]#[N+]c1ccc(NC(=O)C(C)(O)COc2ccc(F)cc2)cc1C. The Labute approximate surface area is 139 Å². The van der Waals surface area contributed by atoms with Gasteiger partial charge in [0, 0.05) is 5.69 Å². The molecule has 0 aliphatic heterocycles. The molecular formula is C18H17FN2O3. The quantitative estimate of drug-likeness (QED) is 0.826. The molecule has 0 aliphatic rings. The highest BCUT2D eigenvalue weighted by Gasteiger charge is 2.31. The summed E-state index contributed by atoms with van der Waals surface area (Å²) >= 11 is 0. The van der Waals surface area contributed by atoms with Crippen molar-refractivity contribution in [1.29, 1.82) is 0 Å². The van der Waals surface area contributed by atoms with Crippen LogP contribution in [0, 0.1) is 19.3 Å². The summed E-state index contributed by atoms with van der Waals surface area (Å²) in [6, 6.07) is 10.1. The van der Waals surface area contributed by atoms with Crippen molar-refractivity contribution in [3.8, 4) is 5.75 Å². The Morgan fingerprint density at radius 1 is 1.33 bits per heavy atom. The van der Waals surface area contributed by atoms with Crippen LogP contribution in [0.3, 0.4) is 0 Å². The molecule has 0 aromatic heterocycles. The fourth-order valence-electron chi connectivity index (χ4n) is 1.94. The highest BCUT2D eigenvalue weighted by molar-refractivity contribution is 5.97. The van der Waals surface area contributed by atoms with Crippen LogP contribution >= 0.6 is 0 Å². The molecule has 0 radical (unpaired) electrons. The van der Waals surface area contributed by atoms with Crippen molar-refractivity contribution in [2.75, 3.05) is 11.9 Å². The van der Waals surface area contributed by atoms with E-state index >= 15 is 0 Å². The standard InChI is InChI=1S/C18H17FN2O3/c1-12-10-14(6-9-16(12)20-3)21-17(22)18(2,23)11-24-15-7-4-13(19)5-8-15/h4-10,23H,11H2,1-2H3,(H,21,22). The van der Waals surface area contributed by atoms with Crippen LogP contribution in [0.4, 0.5) is 15.8 Å². The molecule has 6 heteroatoms. The van der Waals surface area contributed by atoms with E-state index in [1.165, 1.54) is 31.2 Å². The van der Waals surface area contributed by atoms with E-state index in [1.54, 1.807) is 25.1 Å². The number of carbonyl (C=O) groups is 1. The number of anilines is 1. The van der Waals surface area contributed by atoms with Gasteiger partial charge in [-0.25, -0.2) is 9.24 Å². The molecule has 1 atom stereocenters. The monoisotopic (exact) mass is 328 g/mol. The number of halogens is 1. The lowest BCUT2D eigenvalue weighted by Crippen LogP contribution is -2.45. The van der Waals surface area contributed by atoms with Crippen LogP contribution in [0.25, 0.3) is 4.85 Å². The topological polar surface area (TPSA) is 62.9 Å². The highest BCUT2D eigenvalue weighted by Crippen LogP contribution is 2.23. The number of hydrogen-bond donors (Lipinski definition) is 2. The predicted molar refractivity (Wildman–Crippen MR) is 88.6 cm³/mol. The van der Waals surface area contributed by atoms with E-state index in [4.69, 9.17) is 11.3 Å². The molecule has 1 amide bonds. The van der Waals surface area contributed by atoms with E-state index in [0.717, 1.165) is 5.56 Å². The molecule has 2 aromatic carbocycles. The minimum Gasteiger partial charge on any atom is -0.490 e. The summed E-state index contributed by atoms with van der Waals surface area (Å²) in [5.74, 6) is -0.689. The van der Waals surface area contributed by atoms with Gasteiger partial charge in [-0.2, -0.15) is 0 Å². The van der Waals surface area contributed by atoms with Crippen molar-refractivity contribution < 1.29 is 19.0 Å². The first-order valence-electron chi connectivity index (χ1n) is 7.22. The Bertz CT molecular complexity index is 780. The highest BCUT2D eigenvalue weighted by atomic mass is 19.1. The summed E-state index contributed by atoms with van der Waals surface area (Å²) < 4.78 is 18.2. The zero-order valence-corrected chi connectivity index (χ0v) is 13.3. The van der Waals surface area contributed by atoms with Crippen molar-refractivity contribution in [3.05, 3.63) is 65.3 Å². The molecule has 0 aliphatic carbocycles. The molecule has 0 fully saturated rings. The van der Waals surface area contributed by atoms with Gasteiger partial charge in [0.25, 0.3) is 5.91 Å². The van der Waals surface area contributed by atoms with E-state index in [2.05, 4.69) is 10.2 Å². The van der Waals surface area contributed by atoms with Crippen molar-refractivity contribution in [1.82, 2.24) is 0 Å². The average Bonchev–Trinajstić information content (AvgIpc) is 2.54. The van der Waals surface area contributed by atoms with Gasteiger partial charge in [-0.3, -0.25) is 4.79 Å². The first-order chi connectivity index (χ1) is 11.3. The first kappa shape index (κ1) is 17.4. The number of hydrogen-bond acceptors (Lipinski definition) is 3. The third kappa shape index (κ3) is 4.31. The number of aryl methyl sites for hydroxylation is 1. The molecule has 24 heavy (non-hydrogen) atoms. The number of nitrogens with zero attached hydrogens (tertiary/aromatic N) is 1. The summed E-state index contributed by atoms with van der Waals surface area (Å²) in [6.07, 6.45) is 0. The average molecular weight is 328 g/mol. The third-order valence-electron chi connectivity index (χ3n) is 3.40. The van der Waals surface area contributed by atoms with E-state index in [0.29, 0.717) is 17.1 Å².